The molecule has 2 aromatic heterocycles. The summed E-state index contributed by atoms with van der Waals surface area (Å²) in [4.78, 5) is 19.7. The zero-order valence-electron chi connectivity index (χ0n) is 8.84. The second-order valence-corrected chi connectivity index (χ2v) is 3.39. The highest BCUT2D eigenvalue weighted by molar-refractivity contribution is 6.02. The molecule has 0 saturated carbocycles. The molecule has 4 heteroatoms. The summed E-state index contributed by atoms with van der Waals surface area (Å²) in [6.45, 7) is 1.94. The Morgan fingerprint density at radius 2 is 2.06 bits per heavy atom. The molecule has 0 aromatic carbocycles. The topological polar surface area (TPSA) is 54.9 Å². The van der Waals surface area contributed by atoms with Crippen LogP contribution in [0.3, 0.4) is 0 Å². The standard InChI is InChI=1S/C12H11N3O/c1-9-5-7-14-11(8-9)15-12(16)10-4-2-3-6-13-10/h2-8H,1H3,(H,14,15,16). The Kier molecular flexibility index (Phi) is 2.91. The van der Waals surface area contributed by atoms with Crippen LogP contribution in [0, 0.1) is 6.92 Å². The average Bonchev–Trinajstić information content (AvgIpc) is 2.30. The second-order valence-electron chi connectivity index (χ2n) is 3.39. The highest BCUT2D eigenvalue weighted by Gasteiger charge is 2.06. The highest BCUT2D eigenvalue weighted by Crippen LogP contribution is 2.06. The number of aromatic nitrogens is 2. The van der Waals surface area contributed by atoms with E-state index in [0.717, 1.165) is 5.56 Å². The van der Waals surface area contributed by atoms with Crippen molar-refractivity contribution >= 4 is 11.7 Å². The fourth-order valence-corrected chi connectivity index (χ4v) is 1.28. The van der Waals surface area contributed by atoms with Gasteiger partial charge < -0.3 is 5.32 Å². The van der Waals surface area contributed by atoms with Crippen LogP contribution in [0.25, 0.3) is 0 Å². The molecule has 2 heterocycles. The first-order chi connectivity index (χ1) is 7.75. The van der Waals surface area contributed by atoms with Gasteiger partial charge in [-0.1, -0.05) is 6.07 Å². The first-order valence-corrected chi connectivity index (χ1v) is 4.91. The fourth-order valence-electron chi connectivity index (χ4n) is 1.28. The van der Waals surface area contributed by atoms with Gasteiger partial charge >= 0.3 is 0 Å². The van der Waals surface area contributed by atoms with E-state index in [1.54, 1.807) is 36.7 Å². The minimum Gasteiger partial charge on any atom is -0.305 e. The summed E-state index contributed by atoms with van der Waals surface area (Å²) < 4.78 is 0. The molecule has 0 aliphatic heterocycles. The number of pyridine rings is 2. The summed E-state index contributed by atoms with van der Waals surface area (Å²) in [5, 5.41) is 2.69. The van der Waals surface area contributed by atoms with Crippen LogP contribution in [-0.2, 0) is 0 Å². The largest absolute Gasteiger partial charge is 0.305 e. The monoisotopic (exact) mass is 213 g/mol. The maximum atomic E-state index is 11.7. The smallest absolute Gasteiger partial charge is 0.275 e. The van der Waals surface area contributed by atoms with E-state index in [1.807, 2.05) is 13.0 Å². The Morgan fingerprint density at radius 1 is 1.19 bits per heavy atom. The summed E-state index contributed by atoms with van der Waals surface area (Å²) in [6.07, 6.45) is 3.24. The van der Waals surface area contributed by atoms with Gasteiger partial charge in [0.25, 0.3) is 5.91 Å². The van der Waals surface area contributed by atoms with Gasteiger partial charge in [0.1, 0.15) is 11.5 Å². The average molecular weight is 213 g/mol. The van der Waals surface area contributed by atoms with Crippen molar-refractivity contribution in [3.8, 4) is 0 Å². The molecule has 0 radical (unpaired) electrons. The lowest BCUT2D eigenvalue weighted by Crippen LogP contribution is -2.14. The number of amides is 1. The number of carbonyl (C=O) groups is 1. The minimum atomic E-state index is -0.251. The summed E-state index contributed by atoms with van der Waals surface area (Å²) in [5.74, 6) is 0.286. The molecule has 2 rings (SSSR count). The lowest BCUT2D eigenvalue weighted by Gasteiger charge is -2.03. The zero-order valence-corrected chi connectivity index (χ0v) is 8.84. The summed E-state index contributed by atoms with van der Waals surface area (Å²) in [6, 6.07) is 8.87. The van der Waals surface area contributed by atoms with Gasteiger partial charge in [-0.2, -0.15) is 0 Å². The molecular weight excluding hydrogens is 202 g/mol. The van der Waals surface area contributed by atoms with Crippen LogP contribution < -0.4 is 5.32 Å². The maximum Gasteiger partial charge on any atom is 0.275 e. The van der Waals surface area contributed by atoms with Gasteiger partial charge in [0.15, 0.2) is 0 Å². The molecule has 0 spiro atoms. The van der Waals surface area contributed by atoms with Crippen LogP contribution >= 0.6 is 0 Å². The molecule has 1 N–H and O–H groups in total. The molecule has 80 valence electrons. The van der Waals surface area contributed by atoms with Gasteiger partial charge in [-0.3, -0.25) is 9.78 Å². The number of carbonyl (C=O) groups excluding carboxylic acids is 1. The molecule has 4 nitrogen and oxygen atoms in total. The number of rotatable bonds is 2. The number of hydrogen-bond donors (Lipinski definition) is 1. The van der Waals surface area contributed by atoms with Crippen molar-refractivity contribution in [2.75, 3.05) is 5.32 Å². The second kappa shape index (κ2) is 4.53. The molecule has 1 amide bonds. The Labute approximate surface area is 93.4 Å². The van der Waals surface area contributed by atoms with Gasteiger partial charge in [0.2, 0.25) is 0 Å². The van der Waals surface area contributed by atoms with E-state index in [2.05, 4.69) is 15.3 Å². The van der Waals surface area contributed by atoms with Crippen molar-refractivity contribution in [2.45, 2.75) is 6.92 Å². The molecular formula is C12H11N3O. The van der Waals surface area contributed by atoms with Crippen LogP contribution in [-0.4, -0.2) is 15.9 Å². The van der Waals surface area contributed by atoms with Crippen molar-refractivity contribution in [3.05, 3.63) is 54.0 Å². The van der Waals surface area contributed by atoms with Crippen LogP contribution in [0.1, 0.15) is 16.1 Å². The van der Waals surface area contributed by atoms with Gasteiger partial charge in [0.05, 0.1) is 0 Å². The number of aryl methyl sites for hydroxylation is 1. The molecule has 2 aromatic rings. The molecule has 0 unspecified atom stereocenters. The third-order valence-corrected chi connectivity index (χ3v) is 2.05. The molecule has 0 fully saturated rings. The Morgan fingerprint density at radius 3 is 2.75 bits per heavy atom. The van der Waals surface area contributed by atoms with Gasteiger partial charge in [0, 0.05) is 12.4 Å². The third kappa shape index (κ3) is 2.42. The van der Waals surface area contributed by atoms with E-state index in [-0.39, 0.29) is 5.91 Å². The normalized spacial score (nSPS) is 9.81. The Balaban J connectivity index is 2.14. The van der Waals surface area contributed by atoms with E-state index >= 15 is 0 Å². The number of hydrogen-bond acceptors (Lipinski definition) is 3. The number of anilines is 1. The molecule has 0 atom stereocenters. The predicted octanol–water partition coefficient (Wildman–Crippen LogP) is 2.04. The molecule has 0 aliphatic rings. The van der Waals surface area contributed by atoms with Crippen LogP contribution in [0.15, 0.2) is 42.7 Å². The lowest BCUT2D eigenvalue weighted by molar-refractivity contribution is 0.102. The van der Waals surface area contributed by atoms with Crippen molar-refractivity contribution in [1.82, 2.24) is 9.97 Å². The summed E-state index contributed by atoms with van der Waals surface area (Å²) in [5.41, 5.74) is 1.43. The van der Waals surface area contributed by atoms with Crippen molar-refractivity contribution < 1.29 is 4.79 Å². The van der Waals surface area contributed by atoms with E-state index in [4.69, 9.17) is 0 Å². The maximum absolute atomic E-state index is 11.7. The highest BCUT2D eigenvalue weighted by atomic mass is 16.1. The van der Waals surface area contributed by atoms with E-state index < -0.39 is 0 Å². The van der Waals surface area contributed by atoms with E-state index in [9.17, 15) is 4.79 Å². The molecule has 16 heavy (non-hydrogen) atoms. The van der Waals surface area contributed by atoms with Crippen LogP contribution in [0.2, 0.25) is 0 Å². The van der Waals surface area contributed by atoms with E-state index in [0.29, 0.717) is 11.5 Å². The summed E-state index contributed by atoms with van der Waals surface area (Å²) in [7, 11) is 0. The third-order valence-electron chi connectivity index (χ3n) is 2.05. The first kappa shape index (κ1) is 10.3. The quantitative estimate of drug-likeness (QED) is 0.830. The molecule has 0 aliphatic carbocycles. The summed E-state index contributed by atoms with van der Waals surface area (Å²) >= 11 is 0. The van der Waals surface area contributed by atoms with E-state index in [1.165, 1.54) is 0 Å². The number of nitrogens with zero attached hydrogens (tertiary/aromatic N) is 2. The predicted molar refractivity (Wildman–Crippen MR) is 61.2 cm³/mol. The molecule has 0 saturated heterocycles. The number of nitrogens with one attached hydrogen (secondary N) is 1. The van der Waals surface area contributed by atoms with Crippen LogP contribution in [0.4, 0.5) is 5.82 Å². The zero-order chi connectivity index (χ0) is 11.4. The van der Waals surface area contributed by atoms with Crippen molar-refractivity contribution in [2.24, 2.45) is 0 Å². The van der Waals surface area contributed by atoms with Crippen molar-refractivity contribution in [3.63, 3.8) is 0 Å². The van der Waals surface area contributed by atoms with Crippen LogP contribution in [0.5, 0.6) is 0 Å². The lowest BCUT2D eigenvalue weighted by atomic mass is 10.3. The van der Waals surface area contributed by atoms with Gasteiger partial charge in [-0.25, -0.2) is 4.98 Å². The Bertz CT molecular complexity index is 497. The molecule has 0 bridgehead atoms. The Hall–Kier alpha value is -2.23. The fraction of sp³-hybridized carbons (Fsp3) is 0.0833. The van der Waals surface area contributed by atoms with Crippen molar-refractivity contribution in [1.29, 1.82) is 0 Å². The van der Waals surface area contributed by atoms with Gasteiger partial charge in [-0.15, -0.1) is 0 Å². The SMILES string of the molecule is Cc1ccnc(NC(=O)c2ccccn2)c1. The van der Waals surface area contributed by atoms with Gasteiger partial charge in [-0.05, 0) is 36.8 Å². The minimum absolute atomic E-state index is 0.251. The first-order valence-electron chi connectivity index (χ1n) is 4.91.